The molecule has 0 aliphatic rings. The summed E-state index contributed by atoms with van der Waals surface area (Å²) in [4.78, 5) is 26.9. The fraction of sp³-hybridized carbons (Fsp3) is 0.176. The molecule has 1 unspecified atom stereocenters. The molecule has 0 aliphatic heterocycles. The number of hydrogen-bond donors (Lipinski definition) is 0. The van der Waals surface area contributed by atoms with Crippen LogP contribution in [0, 0.1) is 17.0 Å². The lowest BCUT2D eigenvalue weighted by molar-refractivity contribution is -0.385. The number of oxazole rings is 1. The van der Waals surface area contributed by atoms with Gasteiger partial charge in [-0.2, -0.15) is 0 Å². The summed E-state index contributed by atoms with van der Waals surface area (Å²) in [5, 5.41) is 11.0. The molecule has 0 spiro atoms. The molecule has 2 aromatic carbocycles. The number of nitrogens with zero attached hydrogens (tertiary/aromatic N) is 2. The molecular weight excluding hydrogens is 312 g/mol. The van der Waals surface area contributed by atoms with E-state index >= 15 is 0 Å². The van der Waals surface area contributed by atoms with E-state index in [0.29, 0.717) is 27.8 Å². The Bertz CT molecular complexity index is 932. The molecule has 3 aromatic rings. The molecule has 7 heteroatoms. The number of esters is 1. The zero-order chi connectivity index (χ0) is 17.3. The van der Waals surface area contributed by atoms with Crippen molar-refractivity contribution in [1.29, 1.82) is 0 Å². The Balaban J connectivity index is 2.11. The molecule has 0 N–H and O–H groups in total. The molecule has 0 bridgehead atoms. The summed E-state index contributed by atoms with van der Waals surface area (Å²) in [7, 11) is 1.31. The van der Waals surface area contributed by atoms with Crippen molar-refractivity contribution in [2.24, 2.45) is 0 Å². The van der Waals surface area contributed by atoms with Gasteiger partial charge in [-0.05, 0) is 36.2 Å². The zero-order valence-corrected chi connectivity index (χ0v) is 13.1. The topological polar surface area (TPSA) is 95.5 Å². The quantitative estimate of drug-likeness (QED) is 0.414. The highest BCUT2D eigenvalue weighted by atomic mass is 16.6. The Morgan fingerprint density at radius 3 is 2.62 bits per heavy atom. The third-order valence-corrected chi connectivity index (χ3v) is 3.88. The molecule has 24 heavy (non-hydrogen) atoms. The number of ether oxygens (including phenoxy) is 1. The molecule has 0 amide bonds. The molecule has 3 rings (SSSR count). The Morgan fingerprint density at radius 2 is 1.96 bits per heavy atom. The minimum atomic E-state index is -0.699. The van der Waals surface area contributed by atoms with Gasteiger partial charge in [0.05, 0.1) is 12.0 Å². The number of rotatable bonds is 4. The second-order valence-corrected chi connectivity index (χ2v) is 5.34. The molecule has 1 atom stereocenters. The van der Waals surface area contributed by atoms with E-state index in [-0.39, 0.29) is 5.69 Å². The molecule has 0 fully saturated rings. The van der Waals surface area contributed by atoms with Crippen molar-refractivity contribution in [3.8, 4) is 0 Å². The molecule has 122 valence electrons. The van der Waals surface area contributed by atoms with Gasteiger partial charge in [-0.3, -0.25) is 14.9 Å². The number of aromatic nitrogens is 1. The van der Waals surface area contributed by atoms with E-state index in [1.54, 1.807) is 37.3 Å². The van der Waals surface area contributed by atoms with Crippen LogP contribution >= 0.6 is 0 Å². The van der Waals surface area contributed by atoms with Crippen LogP contribution < -0.4 is 0 Å². The van der Waals surface area contributed by atoms with Crippen molar-refractivity contribution in [2.45, 2.75) is 12.8 Å². The number of carbonyl (C=O) groups excluding carboxylic acids is 1. The largest absolute Gasteiger partial charge is 0.468 e. The number of nitro groups is 1. The maximum Gasteiger partial charge on any atom is 0.317 e. The first-order valence-corrected chi connectivity index (χ1v) is 7.17. The summed E-state index contributed by atoms with van der Waals surface area (Å²) < 4.78 is 10.1. The summed E-state index contributed by atoms with van der Waals surface area (Å²) in [5.41, 5.74) is 3.02. The third kappa shape index (κ3) is 2.71. The fourth-order valence-corrected chi connectivity index (χ4v) is 2.70. The van der Waals surface area contributed by atoms with Crippen LogP contribution in [0.1, 0.15) is 22.6 Å². The van der Waals surface area contributed by atoms with Crippen LogP contribution in [0.4, 0.5) is 5.69 Å². The first-order valence-electron chi connectivity index (χ1n) is 7.17. The van der Waals surface area contributed by atoms with Crippen LogP contribution in [0.2, 0.25) is 0 Å². The summed E-state index contributed by atoms with van der Waals surface area (Å²) in [6.07, 6.45) is 1.33. The van der Waals surface area contributed by atoms with E-state index in [9.17, 15) is 14.9 Å². The summed E-state index contributed by atoms with van der Waals surface area (Å²) in [6.45, 7) is 1.64. The number of nitro benzene ring substituents is 1. The van der Waals surface area contributed by atoms with Crippen molar-refractivity contribution in [2.75, 3.05) is 7.11 Å². The highest BCUT2D eigenvalue weighted by molar-refractivity contribution is 5.84. The molecule has 0 aliphatic carbocycles. The van der Waals surface area contributed by atoms with E-state index in [2.05, 4.69) is 4.98 Å². The number of carbonyl (C=O) groups is 1. The van der Waals surface area contributed by atoms with Crippen molar-refractivity contribution >= 4 is 22.8 Å². The lowest BCUT2D eigenvalue weighted by Gasteiger charge is -2.16. The number of benzene rings is 2. The van der Waals surface area contributed by atoms with Crippen LogP contribution in [0.3, 0.4) is 0 Å². The Hall–Kier alpha value is -3.22. The molecular formula is C17H14N2O5. The average molecular weight is 326 g/mol. The Morgan fingerprint density at radius 1 is 1.25 bits per heavy atom. The van der Waals surface area contributed by atoms with Gasteiger partial charge >= 0.3 is 5.97 Å². The van der Waals surface area contributed by atoms with Gasteiger partial charge in [-0.15, -0.1) is 0 Å². The van der Waals surface area contributed by atoms with Crippen molar-refractivity contribution < 1.29 is 18.9 Å². The monoisotopic (exact) mass is 326 g/mol. The van der Waals surface area contributed by atoms with E-state index in [1.807, 2.05) is 0 Å². The van der Waals surface area contributed by atoms with Gasteiger partial charge in [0.1, 0.15) is 11.4 Å². The van der Waals surface area contributed by atoms with Gasteiger partial charge in [-0.25, -0.2) is 4.98 Å². The van der Waals surface area contributed by atoms with E-state index in [4.69, 9.17) is 9.15 Å². The van der Waals surface area contributed by atoms with Crippen LogP contribution in [-0.4, -0.2) is 23.0 Å². The molecule has 0 saturated heterocycles. The molecule has 0 saturated carbocycles. The van der Waals surface area contributed by atoms with E-state index in [1.165, 1.54) is 19.6 Å². The lowest BCUT2D eigenvalue weighted by Crippen LogP contribution is -2.16. The standard InChI is InChI=1S/C17H14N2O5/c1-10-7-11(3-5-14(10)19(21)22)16(17(20)23-2)12-4-6-15-13(8-12)18-9-24-15/h3-9,16H,1-2H3. The van der Waals surface area contributed by atoms with Crippen LogP contribution in [0.15, 0.2) is 47.2 Å². The SMILES string of the molecule is COC(=O)C(c1ccc([N+](=O)[O-])c(C)c1)c1ccc2ocnc2c1. The number of aryl methyl sites for hydroxylation is 1. The minimum absolute atomic E-state index is 0.00863. The number of methoxy groups -OCH3 is 1. The summed E-state index contributed by atoms with van der Waals surface area (Å²) in [6, 6.07) is 9.83. The number of fused-ring (bicyclic) bond motifs is 1. The average Bonchev–Trinajstić information content (AvgIpc) is 3.02. The molecule has 1 heterocycles. The number of hydrogen-bond acceptors (Lipinski definition) is 6. The predicted octanol–water partition coefficient (Wildman–Crippen LogP) is 3.35. The predicted molar refractivity (Wildman–Crippen MR) is 85.7 cm³/mol. The highest BCUT2D eigenvalue weighted by Gasteiger charge is 2.26. The van der Waals surface area contributed by atoms with Gasteiger partial charge in [0.25, 0.3) is 5.69 Å². The van der Waals surface area contributed by atoms with Crippen LogP contribution in [0.5, 0.6) is 0 Å². The summed E-state index contributed by atoms with van der Waals surface area (Å²) in [5.74, 6) is -1.15. The smallest absolute Gasteiger partial charge is 0.317 e. The summed E-state index contributed by atoms with van der Waals surface area (Å²) >= 11 is 0. The lowest BCUT2D eigenvalue weighted by atomic mass is 9.90. The molecule has 7 nitrogen and oxygen atoms in total. The molecule has 0 radical (unpaired) electrons. The van der Waals surface area contributed by atoms with Gasteiger partial charge < -0.3 is 9.15 Å². The van der Waals surface area contributed by atoms with Gasteiger partial charge in [-0.1, -0.05) is 12.1 Å². The van der Waals surface area contributed by atoms with E-state index < -0.39 is 16.8 Å². The first kappa shape index (κ1) is 15.7. The maximum absolute atomic E-state index is 12.3. The van der Waals surface area contributed by atoms with Crippen molar-refractivity contribution in [3.05, 3.63) is 69.6 Å². The third-order valence-electron chi connectivity index (χ3n) is 3.88. The zero-order valence-electron chi connectivity index (χ0n) is 13.1. The Kier molecular flexibility index (Phi) is 3.99. The first-order chi connectivity index (χ1) is 11.5. The second kappa shape index (κ2) is 6.11. The van der Waals surface area contributed by atoms with E-state index in [0.717, 1.165) is 0 Å². The fourth-order valence-electron chi connectivity index (χ4n) is 2.70. The maximum atomic E-state index is 12.3. The van der Waals surface area contributed by atoms with Gasteiger partial charge in [0, 0.05) is 11.6 Å². The van der Waals surface area contributed by atoms with Crippen molar-refractivity contribution in [3.63, 3.8) is 0 Å². The normalized spacial score (nSPS) is 12.1. The van der Waals surface area contributed by atoms with Gasteiger partial charge in [0.15, 0.2) is 12.0 Å². The van der Waals surface area contributed by atoms with Crippen LogP contribution in [-0.2, 0) is 9.53 Å². The van der Waals surface area contributed by atoms with Crippen molar-refractivity contribution in [1.82, 2.24) is 4.98 Å². The second-order valence-electron chi connectivity index (χ2n) is 5.34. The highest BCUT2D eigenvalue weighted by Crippen LogP contribution is 2.31. The van der Waals surface area contributed by atoms with Gasteiger partial charge in [0.2, 0.25) is 0 Å². The minimum Gasteiger partial charge on any atom is -0.468 e. The van der Waals surface area contributed by atoms with Crippen LogP contribution in [0.25, 0.3) is 11.1 Å². The Labute approximate surface area is 137 Å². The molecule has 1 aromatic heterocycles.